The molecule has 6 nitrogen and oxygen atoms in total. The molecule has 2 amide bonds. The maximum absolute atomic E-state index is 13.9. The van der Waals surface area contributed by atoms with Crippen molar-refractivity contribution in [3.63, 3.8) is 0 Å². The monoisotopic (exact) mass is 536 g/mol. The van der Waals surface area contributed by atoms with Crippen molar-refractivity contribution in [3.05, 3.63) is 70.6 Å². The van der Waals surface area contributed by atoms with E-state index in [4.69, 9.17) is 17.0 Å². The highest BCUT2D eigenvalue weighted by atomic mass is 32.2. The summed E-state index contributed by atoms with van der Waals surface area (Å²) in [5.74, 6) is -1.18. The standard InChI is InChI=1S/C29H32N2O4S2/c1-3-5-6-7-13-18-30-22-17-12-11-16-21(22)23(26(30)32)25-27(33)31(29(36)37-25)24(28(34)35-19-4-2)20-14-9-8-10-15-20/h8-12,14-17,24H,3-7,13,18-19H2,1-2H3/b25-23-. The second kappa shape index (κ2) is 12.5. The number of benzene rings is 2. The molecule has 2 aliphatic rings. The van der Waals surface area contributed by atoms with E-state index in [0.717, 1.165) is 48.7 Å². The van der Waals surface area contributed by atoms with Crippen molar-refractivity contribution in [1.29, 1.82) is 0 Å². The number of thiocarbonyl (C=S) groups is 1. The fourth-order valence-electron chi connectivity index (χ4n) is 4.66. The number of ether oxygens (including phenoxy) is 1. The average molecular weight is 537 g/mol. The normalized spacial score (nSPS) is 17.9. The molecule has 0 aliphatic carbocycles. The van der Waals surface area contributed by atoms with Gasteiger partial charge in [0.25, 0.3) is 11.8 Å². The van der Waals surface area contributed by atoms with Crippen LogP contribution in [0.25, 0.3) is 5.57 Å². The van der Waals surface area contributed by atoms with Crippen LogP contribution in [-0.2, 0) is 19.1 Å². The van der Waals surface area contributed by atoms with Crippen molar-refractivity contribution < 1.29 is 19.1 Å². The number of anilines is 1. The topological polar surface area (TPSA) is 66.9 Å². The molecule has 2 aromatic rings. The van der Waals surface area contributed by atoms with Gasteiger partial charge >= 0.3 is 5.97 Å². The number of nitrogens with zero attached hydrogens (tertiary/aromatic N) is 2. The van der Waals surface area contributed by atoms with E-state index < -0.39 is 17.9 Å². The summed E-state index contributed by atoms with van der Waals surface area (Å²) in [5.41, 5.74) is 2.51. The number of fused-ring (bicyclic) bond motifs is 1. The van der Waals surface area contributed by atoms with E-state index in [-0.39, 0.29) is 21.7 Å². The van der Waals surface area contributed by atoms with E-state index in [2.05, 4.69) is 6.92 Å². The second-order valence-corrected chi connectivity index (χ2v) is 10.8. The van der Waals surface area contributed by atoms with Crippen molar-refractivity contribution in [1.82, 2.24) is 4.90 Å². The third-order valence-electron chi connectivity index (χ3n) is 6.48. The fourth-order valence-corrected chi connectivity index (χ4v) is 6.04. The maximum atomic E-state index is 13.9. The predicted molar refractivity (Wildman–Crippen MR) is 152 cm³/mol. The van der Waals surface area contributed by atoms with Gasteiger partial charge in [0.1, 0.15) is 4.32 Å². The molecule has 0 radical (unpaired) electrons. The Labute approximate surface area is 228 Å². The first kappa shape index (κ1) is 27.1. The molecule has 0 spiro atoms. The highest BCUT2D eigenvalue weighted by molar-refractivity contribution is 8.26. The Hall–Kier alpha value is -2.97. The van der Waals surface area contributed by atoms with E-state index in [1.165, 1.54) is 11.3 Å². The maximum Gasteiger partial charge on any atom is 0.333 e. The highest BCUT2D eigenvalue weighted by Crippen LogP contribution is 2.46. The Balaban J connectivity index is 1.68. The number of carbonyl (C=O) groups is 3. The van der Waals surface area contributed by atoms with Crippen LogP contribution in [0.3, 0.4) is 0 Å². The minimum Gasteiger partial charge on any atom is -0.464 e. The van der Waals surface area contributed by atoms with Gasteiger partial charge in [0.05, 0.1) is 22.8 Å². The van der Waals surface area contributed by atoms with Gasteiger partial charge in [-0.15, -0.1) is 0 Å². The number of carbonyl (C=O) groups excluding carboxylic acids is 3. The van der Waals surface area contributed by atoms with E-state index in [0.29, 0.717) is 24.1 Å². The molecule has 194 valence electrons. The second-order valence-electron chi connectivity index (χ2n) is 9.12. The quantitative estimate of drug-likeness (QED) is 0.146. The van der Waals surface area contributed by atoms with Gasteiger partial charge in [0, 0.05) is 12.1 Å². The highest BCUT2D eigenvalue weighted by Gasteiger charge is 2.46. The summed E-state index contributed by atoms with van der Waals surface area (Å²) in [4.78, 5) is 44.0. The lowest BCUT2D eigenvalue weighted by molar-refractivity contribution is -0.151. The Morgan fingerprint density at radius 2 is 1.62 bits per heavy atom. The molecule has 0 N–H and O–H groups in total. The summed E-state index contributed by atoms with van der Waals surface area (Å²) < 4.78 is 5.69. The largest absolute Gasteiger partial charge is 0.464 e. The van der Waals surface area contributed by atoms with Crippen LogP contribution in [-0.4, -0.2) is 40.2 Å². The van der Waals surface area contributed by atoms with Crippen LogP contribution in [0.1, 0.15) is 69.5 Å². The van der Waals surface area contributed by atoms with Crippen LogP contribution in [0.2, 0.25) is 0 Å². The number of thioether (sulfide) groups is 1. The summed E-state index contributed by atoms with van der Waals surface area (Å²) in [7, 11) is 0. The van der Waals surface area contributed by atoms with Crippen molar-refractivity contribution in [2.45, 2.75) is 58.4 Å². The third-order valence-corrected chi connectivity index (χ3v) is 7.88. The van der Waals surface area contributed by atoms with E-state index in [9.17, 15) is 14.4 Å². The summed E-state index contributed by atoms with van der Waals surface area (Å²) in [5, 5.41) is 0. The number of unbranched alkanes of at least 4 members (excludes halogenated alkanes) is 4. The first-order valence-corrected chi connectivity index (χ1v) is 14.1. The molecule has 2 heterocycles. The van der Waals surface area contributed by atoms with E-state index >= 15 is 0 Å². The fraction of sp³-hybridized carbons (Fsp3) is 0.379. The van der Waals surface area contributed by atoms with Crippen LogP contribution in [0, 0.1) is 0 Å². The molecule has 0 bridgehead atoms. The molecule has 1 fully saturated rings. The molecule has 2 aromatic carbocycles. The third kappa shape index (κ3) is 5.65. The SMILES string of the molecule is CCCCCCCN1C(=O)/C(=C2\SC(=S)N(C(C(=O)OCCC)c3ccccc3)C2=O)c2ccccc21. The lowest BCUT2D eigenvalue weighted by atomic mass is 10.0. The molecule has 1 atom stereocenters. The minimum atomic E-state index is -1.01. The minimum absolute atomic E-state index is 0.193. The van der Waals surface area contributed by atoms with Gasteiger partial charge < -0.3 is 9.64 Å². The lowest BCUT2D eigenvalue weighted by Gasteiger charge is -2.25. The average Bonchev–Trinajstić information content (AvgIpc) is 3.35. The lowest BCUT2D eigenvalue weighted by Crippen LogP contribution is -2.38. The Morgan fingerprint density at radius 3 is 2.35 bits per heavy atom. The first-order valence-electron chi connectivity index (χ1n) is 12.9. The van der Waals surface area contributed by atoms with Crippen molar-refractivity contribution in [3.8, 4) is 0 Å². The summed E-state index contributed by atoms with van der Waals surface area (Å²) in [6, 6.07) is 15.6. The number of rotatable bonds is 11. The molecule has 37 heavy (non-hydrogen) atoms. The molecule has 4 rings (SSSR count). The molecule has 0 saturated carbocycles. The van der Waals surface area contributed by atoms with Gasteiger partial charge in [-0.3, -0.25) is 14.5 Å². The Bertz CT molecular complexity index is 1210. The zero-order valence-corrected chi connectivity index (χ0v) is 22.9. The first-order chi connectivity index (χ1) is 18.0. The van der Waals surface area contributed by atoms with Crippen molar-refractivity contribution >= 4 is 57.3 Å². The van der Waals surface area contributed by atoms with E-state index in [1.807, 2.05) is 37.3 Å². The summed E-state index contributed by atoms with van der Waals surface area (Å²) in [6.07, 6.45) is 6.09. The Morgan fingerprint density at radius 1 is 0.919 bits per heavy atom. The van der Waals surface area contributed by atoms with Gasteiger partial charge in [-0.2, -0.15) is 0 Å². The zero-order valence-electron chi connectivity index (χ0n) is 21.3. The van der Waals surface area contributed by atoms with E-state index in [1.54, 1.807) is 29.2 Å². The van der Waals surface area contributed by atoms with Gasteiger partial charge in [-0.1, -0.05) is 112 Å². The Kier molecular flexibility index (Phi) is 9.16. The summed E-state index contributed by atoms with van der Waals surface area (Å²) >= 11 is 6.70. The van der Waals surface area contributed by atoms with Gasteiger partial charge in [0.15, 0.2) is 6.04 Å². The van der Waals surface area contributed by atoms with Crippen LogP contribution in [0.4, 0.5) is 5.69 Å². The molecular formula is C29H32N2O4S2. The van der Waals surface area contributed by atoms with Crippen molar-refractivity contribution in [2.24, 2.45) is 0 Å². The van der Waals surface area contributed by atoms with Gasteiger partial charge in [0.2, 0.25) is 0 Å². The smallest absolute Gasteiger partial charge is 0.333 e. The van der Waals surface area contributed by atoms with Gasteiger partial charge in [-0.05, 0) is 24.5 Å². The number of esters is 1. The van der Waals surface area contributed by atoms with Crippen LogP contribution in [0.15, 0.2) is 59.5 Å². The van der Waals surface area contributed by atoms with Crippen LogP contribution >= 0.6 is 24.0 Å². The molecular weight excluding hydrogens is 504 g/mol. The molecule has 1 unspecified atom stereocenters. The van der Waals surface area contributed by atoms with Crippen LogP contribution < -0.4 is 4.90 Å². The van der Waals surface area contributed by atoms with Crippen molar-refractivity contribution in [2.75, 3.05) is 18.1 Å². The number of para-hydroxylation sites is 1. The van der Waals surface area contributed by atoms with Gasteiger partial charge in [-0.25, -0.2) is 4.79 Å². The number of hydrogen-bond acceptors (Lipinski definition) is 6. The molecule has 8 heteroatoms. The molecule has 1 saturated heterocycles. The molecule has 0 aromatic heterocycles. The number of amides is 2. The van der Waals surface area contributed by atoms with Crippen LogP contribution in [0.5, 0.6) is 0 Å². The predicted octanol–water partition coefficient (Wildman–Crippen LogP) is 6.27. The molecule has 2 aliphatic heterocycles. The number of hydrogen-bond donors (Lipinski definition) is 0. The summed E-state index contributed by atoms with van der Waals surface area (Å²) in [6.45, 7) is 4.93. The zero-order chi connectivity index (χ0) is 26.4.